The fourth-order valence-corrected chi connectivity index (χ4v) is 4.35. The molecule has 2 rings (SSSR count). The minimum Gasteiger partial charge on any atom is -0.462 e. The van der Waals surface area contributed by atoms with E-state index < -0.39 is 8.32 Å². The van der Waals surface area contributed by atoms with Gasteiger partial charge in [0.05, 0.1) is 6.42 Å². The van der Waals surface area contributed by atoms with Crippen LogP contribution in [-0.4, -0.2) is 27.0 Å². The summed E-state index contributed by atoms with van der Waals surface area (Å²) in [5, 5.41) is 0.217. The van der Waals surface area contributed by atoms with Crippen molar-refractivity contribution in [1.82, 2.24) is 0 Å². The Morgan fingerprint density at radius 2 is 1.95 bits per heavy atom. The Morgan fingerprint density at radius 3 is 2.45 bits per heavy atom. The average Bonchev–Trinajstić information content (AvgIpc) is 2.44. The Kier molecular flexibility index (Phi) is 3.66. The molecule has 0 aromatic rings. The van der Waals surface area contributed by atoms with E-state index in [-0.39, 0.29) is 27.9 Å². The van der Waals surface area contributed by atoms with Crippen LogP contribution in [0.2, 0.25) is 18.1 Å². The molecule has 4 heteroatoms. The molecule has 2 aliphatic rings. The number of esters is 1. The molecule has 0 aromatic carbocycles. The maximum absolute atomic E-state index is 11.7. The average molecular weight is 298 g/mol. The number of hydrogen-bond acceptors (Lipinski definition) is 3. The molecule has 1 aliphatic carbocycles. The molecule has 20 heavy (non-hydrogen) atoms. The van der Waals surface area contributed by atoms with Gasteiger partial charge in [0.2, 0.25) is 0 Å². The van der Waals surface area contributed by atoms with E-state index in [0.29, 0.717) is 6.42 Å². The molecule has 1 heterocycles. The lowest BCUT2D eigenvalue weighted by molar-refractivity contribution is -0.177. The molecular formula is C16H30O3Si. The second-order valence-electron chi connectivity index (χ2n) is 8.72. The highest BCUT2D eigenvalue weighted by atomic mass is 28.4. The summed E-state index contributed by atoms with van der Waals surface area (Å²) >= 11 is 0. The Morgan fingerprint density at radius 1 is 1.35 bits per heavy atom. The van der Waals surface area contributed by atoms with Crippen LogP contribution in [0.15, 0.2) is 0 Å². The Bertz CT molecular complexity index is 412. The third-order valence-corrected chi connectivity index (χ3v) is 10.9. The number of fused-ring (bicyclic) bond motifs is 2. The van der Waals surface area contributed by atoms with Crippen molar-refractivity contribution in [2.24, 2.45) is 10.8 Å². The molecule has 1 aliphatic heterocycles. The molecule has 0 unspecified atom stereocenters. The van der Waals surface area contributed by atoms with Crippen molar-refractivity contribution < 1.29 is 14.0 Å². The van der Waals surface area contributed by atoms with Crippen molar-refractivity contribution in [1.29, 1.82) is 0 Å². The topological polar surface area (TPSA) is 35.5 Å². The Balaban J connectivity index is 2.15. The molecule has 0 N–H and O–H groups in total. The van der Waals surface area contributed by atoms with Gasteiger partial charge in [0.25, 0.3) is 0 Å². The summed E-state index contributed by atoms with van der Waals surface area (Å²) in [5.74, 6) is -0.0280. The van der Waals surface area contributed by atoms with Gasteiger partial charge >= 0.3 is 5.97 Å². The van der Waals surface area contributed by atoms with Crippen molar-refractivity contribution in [3.8, 4) is 0 Å². The molecule has 0 spiro atoms. The SMILES string of the molecule is CC(C)(C)[Si](C)(C)OC[C@]1(C)[C@@H]2CC[C@@]1(C)CC(=O)O2. The van der Waals surface area contributed by atoms with Crippen LogP contribution in [0.4, 0.5) is 0 Å². The van der Waals surface area contributed by atoms with Gasteiger partial charge in [0.1, 0.15) is 6.10 Å². The highest BCUT2D eigenvalue weighted by Gasteiger charge is 2.61. The summed E-state index contributed by atoms with van der Waals surface area (Å²) in [6.07, 6.45) is 2.64. The predicted octanol–water partition coefficient (Wildman–Crippen LogP) is 4.13. The maximum Gasteiger partial charge on any atom is 0.306 e. The van der Waals surface area contributed by atoms with Crippen molar-refractivity contribution >= 4 is 14.3 Å². The predicted molar refractivity (Wildman–Crippen MR) is 83.1 cm³/mol. The van der Waals surface area contributed by atoms with E-state index in [9.17, 15) is 4.79 Å². The van der Waals surface area contributed by atoms with E-state index in [1.807, 2.05) is 0 Å². The minimum absolute atomic E-state index is 0.0280. The zero-order chi connectivity index (χ0) is 15.4. The zero-order valence-corrected chi connectivity index (χ0v) is 15.1. The van der Waals surface area contributed by atoms with Crippen LogP contribution < -0.4 is 0 Å². The lowest BCUT2D eigenvalue weighted by Gasteiger charge is -2.49. The van der Waals surface area contributed by atoms with Gasteiger partial charge < -0.3 is 9.16 Å². The van der Waals surface area contributed by atoms with E-state index in [1.165, 1.54) is 0 Å². The molecule has 2 bridgehead atoms. The number of rotatable bonds is 3. The van der Waals surface area contributed by atoms with Crippen LogP contribution in [0.25, 0.3) is 0 Å². The molecule has 3 nitrogen and oxygen atoms in total. The monoisotopic (exact) mass is 298 g/mol. The summed E-state index contributed by atoms with van der Waals surface area (Å²) in [5.41, 5.74) is 0.00575. The first-order chi connectivity index (χ1) is 8.91. The van der Waals surface area contributed by atoms with Crippen LogP contribution in [0.1, 0.15) is 53.9 Å². The van der Waals surface area contributed by atoms with E-state index in [2.05, 4.69) is 47.7 Å². The van der Waals surface area contributed by atoms with Crippen molar-refractivity contribution in [3.05, 3.63) is 0 Å². The lowest BCUT2D eigenvalue weighted by atomic mass is 9.64. The van der Waals surface area contributed by atoms with E-state index in [4.69, 9.17) is 9.16 Å². The second-order valence-corrected chi connectivity index (χ2v) is 13.5. The van der Waals surface area contributed by atoms with Crippen LogP contribution in [0.3, 0.4) is 0 Å². The minimum atomic E-state index is -1.76. The van der Waals surface area contributed by atoms with Gasteiger partial charge in [-0.2, -0.15) is 0 Å². The molecule has 1 saturated carbocycles. The summed E-state index contributed by atoms with van der Waals surface area (Å²) in [7, 11) is -1.76. The van der Waals surface area contributed by atoms with Gasteiger partial charge in [-0.3, -0.25) is 4.79 Å². The van der Waals surface area contributed by atoms with Crippen LogP contribution >= 0.6 is 0 Å². The van der Waals surface area contributed by atoms with Crippen LogP contribution in [-0.2, 0) is 14.0 Å². The molecule has 0 aromatic heterocycles. The molecule has 0 amide bonds. The quantitative estimate of drug-likeness (QED) is 0.580. The normalized spacial score (nSPS) is 38.0. The smallest absolute Gasteiger partial charge is 0.306 e. The summed E-state index contributed by atoms with van der Waals surface area (Å²) in [6, 6.07) is 0. The third-order valence-electron chi connectivity index (χ3n) is 6.39. The van der Waals surface area contributed by atoms with E-state index in [0.717, 1.165) is 19.4 Å². The Hall–Kier alpha value is -0.353. The number of carbonyl (C=O) groups excluding carboxylic acids is 1. The first-order valence-corrected chi connectivity index (χ1v) is 10.7. The summed E-state index contributed by atoms with van der Waals surface area (Å²) in [4.78, 5) is 11.7. The standard InChI is InChI=1S/C16H30O3Si/c1-14(2,3)20(6,7)18-11-16(5)12-8-9-15(16,4)10-13(17)19-12/h12H,8-11H2,1-7H3/t12-,15-,16+/m0/s1. The highest BCUT2D eigenvalue weighted by Crippen LogP contribution is 2.59. The van der Waals surface area contributed by atoms with Crippen molar-refractivity contribution in [2.45, 2.75) is 78.1 Å². The number of ether oxygens (including phenoxy) is 1. The fourth-order valence-electron chi connectivity index (χ4n) is 3.25. The van der Waals surface area contributed by atoms with Gasteiger partial charge in [-0.15, -0.1) is 0 Å². The van der Waals surface area contributed by atoms with Gasteiger partial charge in [-0.25, -0.2) is 0 Å². The highest BCUT2D eigenvalue weighted by molar-refractivity contribution is 6.74. The van der Waals surface area contributed by atoms with Gasteiger partial charge in [-0.05, 0) is 36.4 Å². The molecule has 3 atom stereocenters. The summed E-state index contributed by atoms with van der Waals surface area (Å²) < 4.78 is 12.1. The second kappa shape index (κ2) is 4.57. The summed E-state index contributed by atoms with van der Waals surface area (Å²) in [6.45, 7) is 16.6. The third kappa shape index (κ3) is 2.35. The number of carbonyl (C=O) groups is 1. The van der Waals surface area contributed by atoms with Gasteiger partial charge in [-0.1, -0.05) is 34.6 Å². The zero-order valence-electron chi connectivity index (χ0n) is 14.1. The number of hydrogen-bond donors (Lipinski definition) is 0. The molecule has 2 fully saturated rings. The molecule has 1 saturated heterocycles. The molecule has 116 valence electrons. The first kappa shape index (κ1) is 16.0. The Labute approximate surface area is 124 Å². The van der Waals surface area contributed by atoms with Crippen molar-refractivity contribution in [2.75, 3.05) is 6.61 Å². The fraction of sp³-hybridized carbons (Fsp3) is 0.938. The lowest BCUT2D eigenvalue weighted by Crippen LogP contribution is -2.53. The van der Waals surface area contributed by atoms with Gasteiger partial charge in [0.15, 0.2) is 8.32 Å². The maximum atomic E-state index is 11.7. The van der Waals surface area contributed by atoms with Gasteiger partial charge in [0, 0.05) is 12.0 Å². The largest absolute Gasteiger partial charge is 0.462 e. The van der Waals surface area contributed by atoms with Crippen molar-refractivity contribution in [3.63, 3.8) is 0 Å². The molecule has 0 radical (unpaired) electrons. The van der Waals surface area contributed by atoms with E-state index in [1.54, 1.807) is 0 Å². The van der Waals surface area contributed by atoms with E-state index >= 15 is 0 Å². The van der Waals surface area contributed by atoms with Crippen LogP contribution in [0.5, 0.6) is 0 Å². The molecular weight excluding hydrogens is 268 g/mol. The van der Waals surface area contributed by atoms with Crippen LogP contribution in [0, 0.1) is 10.8 Å². The first-order valence-electron chi connectivity index (χ1n) is 7.75.